The van der Waals surface area contributed by atoms with Gasteiger partial charge in [-0.05, 0) is 79.3 Å². The van der Waals surface area contributed by atoms with Gasteiger partial charge in [-0.2, -0.15) is 0 Å². The predicted octanol–water partition coefficient (Wildman–Crippen LogP) is 9.05. The monoisotopic (exact) mass is 880 g/mol. The van der Waals surface area contributed by atoms with Crippen molar-refractivity contribution in [3.63, 3.8) is 0 Å². The average molecular weight is 881 g/mol. The van der Waals surface area contributed by atoms with Gasteiger partial charge in [-0.1, -0.05) is 109 Å². The number of rotatable bonds is 11. The van der Waals surface area contributed by atoms with Gasteiger partial charge in [0.15, 0.2) is 0 Å². The Morgan fingerprint density at radius 1 is 0.703 bits per heavy atom. The number of hydrogen-bond acceptors (Lipinski definition) is 7. The molecule has 5 heterocycles. The maximum Gasteiger partial charge on any atom is 0.407 e. The summed E-state index contributed by atoms with van der Waals surface area (Å²) in [6.07, 6.45) is 6.85. The lowest BCUT2D eigenvalue weighted by molar-refractivity contribution is -0.140. The molecule has 0 saturated carbocycles. The van der Waals surface area contributed by atoms with E-state index in [2.05, 4.69) is 51.3 Å². The largest absolute Gasteiger partial charge is 0.465 e. The van der Waals surface area contributed by atoms with Crippen molar-refractivity contribution in [3.05, 3.63) is 143 Å². The number of carbonyl (C=O) groups excluding carboxylic acids is 2. The van der Waals surface area contributed by atoms with Gasteiger partial charge in [0, 0.05) is 43.8 Å². The average Bonchev–Trinajstić information content (AvgIpc) is 4.16. The number of imidazole rings is 2. The fraction of sp³-hybridized carbons (Fsp3) is 0.340. The maximum absolute atomic E-state index is 14.5. The highest BCUT2D eigenvalue weighted by Gasteiger charge is 2.42. The number of aromatic nitrogens is 4. The van der Waals surface area contributed by atoms with Gasteiger partial charge in [0.05, 0.1) is 41.5 Å². The van der Waals surface area contributed by atoms with Crippen LogP contribution in [0.4, 0.5) is 4.79 Å². The summed E-state index contributed by atoms with van der Waals surface area (Å²) in [5.41, 5.74) is 6.45. The number of nitrogens with zero attached hydrogens (tertiary/aromatic N) is 6. The molecule has 4 atom stereocenters. The van der Waals surface area contributed by atoms with E-state index in [1.165, 1.54) is 7.05 Å². The molecule has 3 amide bonds. The molecule has 3 aliphatic rings. The molecule has 14 heteroatoms. The van der Waals surface area contributed by atoms with Crippen molar-refractivity contribution in [2.75, 3.05) is 33.2 Å². The van der Waals surface area contributed by atoms with E-state index in [0.29, 0.717) is 61.9 Å². The minimum absolute atomic E-state index is 0.0787. The van der Waals surface area contributed by atoms with E-state index >= 15 is 0 Å². The molecule has 3 fully saturated rings. The second-order valence-corrected chi connectivity index (χ2v) is 18.0. The number of likely N-dealkylation sites (tertiary alicyclic amines) is 3. The lowest BCUT2D eigenvalue weighted by Crippen LogP contribution is -2.49. The Hall–Kier alpha value is -6.28. The zero-order valence-electron chi connectivity index (χ0n) is 36.0. The van der Waals surface area contributed by atoms with Crippen LogP contribution in [-0.2, 0) is 9.59 Å². The van der Waals surface area contributed by atoms with E-state index in [-0.39, 0.29) is 23.9 Å². The molecule has 0 aliphatic carbocycles. The van der Waals surface area contributed by atoms with E-state index in [9.17, 15) is 24.6 Å². The van der Waals surface area contributed by atoms with Crippen molar-refractivity contribution >= 4 is 29.5 Å². The van der Waals surface area contributed by atoms with Crippen molar-refractivity contribution in [1.29, 1.82) is 0 Å². The van der Waals surface area contributed by atoms with Crippen LogP contribution >= 0.6 is 11.6 Å². The van der Waals surface area contributed by atoms with Gasteiger partial charge in [-0.3, -0.25) is 19.4 Å². The number of likely N-dealkylation sites (N-methyl/N-ethyl adjacent to an activating group) is 1. The summed E-state index contributed by atoms with van der Waals surface area (Å²) in [6.45, 7) is 4.34. The zero-order chi connectivity index (χ0) is 44.5. The highest BCUT2D eigenvalue weighted by atomic mass is 35.5. The van der Waals surface area contributed by atoms with E-state index in [4.69, 9.17) is 21.6 Å². The maximum atomic E-state index is 14.5. The molecule has 0 radical (unpaired) electrons. The van der Waals surface area contributed by atoms with Gasteiger partial charge >= 0.3 is 6.09 Å². The first-order valence-electron chi connectivity index (χ1n) is 22.1. The molecule has 64 heavy (non-hydrogen) atoms. The number of carboxylic acid groups (broad SMARTS) is 1. The number of amides is 3. The van der Waals surface area contributed by atoms with E-state index < -0.39 is 23.8 Å². The Morgan fingerprint density at radius 2 is 1.19 bits per heavy atom. The highest BCUT2D eigenvalue weighted by Crippen LogP contribution is 2.39. The third-order valence-corrected chi connectivity index (χ3v) is 13.7. The van der Waals surface area contributed by atoms with Gasteiger partial charge in [-0.15, -0.1) is 0 Å². The molecule has 0 spiro atoms. The minimum Gasteiger partial charge on any atom is -0.465 e. The molecule has 13 nitrogen and oxygen atoms in total. The quantitative estimate of drug-likeness (QED) is 0.100. The van der Waals surface area contributed by atoms with Crippen LogP contribution in [0.15, 0.2) is 116 Å². The lowest BCUT2D eigenvalue weighted by Gasteiger charge is -2.41. The van der Waals surface area contributed by atoms with Crippen LogP contribution in [0, 0.1) is 0 Å². The SMILES string of the molecule is CN(C(=O)O)[C@@H](C(=O)N1CCC[C@H]1c1ncc(-c2ccc(-c3ccc(-c4cnc([C@@H]5CCCN5C(=O)[C@@H](c5ccccc5)N5CCC(C)(O)CC5)[nH]4)cc3)cc2)[nH]1)c1ccccc1Cl. The highest BCUT2D eigenvalue weighted by molar-refractivity contribution is 6.31. The Bertz CT molecular complexity index is 2600. The predicted molar refractivity (Wildman–Crippen MR) is 245 cm³/mol. The number of benzene rings is 4. The molecule has 4 aromatic carbocycles. The number of carbonyl (C=O) groups is 3. The molecule has 3 aliphatic heterocycles. The second kappa shape index (κ2) is 18.1. The molecule has 330 valence electrons. The van der Waals surface area contributed by atoms with Gasteiger partial charge in [0.1, 0.15) is 23.7 Å². The topological polar surface area (TPSA) is 162 Å². The van der Waals surface area contributed by atoms with Crippen LogP contribution in [0.3, 0.4) is 0 Å². The first kappa shape index (κ1) is 43.0. The molecular formula is C50H53ClN8O5. The summed E-state index contributed by atoms with van der Waals surface area (Å²) in [7, 11) is 1.39. The van der Waals surface area contributed by atoms with E-state index in [1.54, 1.807) is 35.4 Å². The molecular weight excluding hydrogens is 828 g/mol. The molecule has 9 rings (SSSR count). The lowest BCUT2D eigenvalue weighted by atomic mass is 9.91. The van der Waals surface area contributed by atoms with Gasteiger partial charge in [-0.25, -0.2) is 14.8 Å². The van der Waals surface area contributed by atoms with Crippen LogP contribution in [0.5, 0.6) is 0 Å². The Morgan fingerprint density at radius 3 is 1.70 bits per heavy atom. The summed E-state index contributed by atoms with van der Waals surface area (Å²) in [5, 5.41) is 20.9. The molecule has 0 unspecified atom stereocenters. The summed E-state index contributed by atoms with van der Waals surface area (Å²) < 4.78 is 0. The van der Waals surface area contributed by atoms with Crippen molar-refractivity contribution in [2.24, 2.45) is 0 Å². The Labute approximate surface area is 377 Å². The van der Waals surface area contributed by atoms with Crippen molar-refractivity contribution in [3.8, 4) is 33.6 Å². The number of aliphatic hydroxyl groups is 1. The van der Waals surface area contributed by atoms with Crippen molar-refractivity contribution in [1.82, 2.24) is 39.5 Å². The van der Waals surface area contributed by atoms with Crippen molar-refractivity contribution in [2.45, 2.75) is 75.2 Å². The molecule has 2 aromatic heterocycles. The molecule has 6 aromatic rings. The van der Waals surface area contributed by atoms with E-state index in [0.717, 1.165) is 69.2 Å². The zero-order valence-corrected chi connectivity index (χ0v) is 36.8. The third-order valence-electron chi connectivity index (χ3n) is 13.3. The molecule has 4 N–H and O–H groups in total. The van der Waals surface area contributed by atoms with Crippen LogP contribution in [-0.4, -0.2) is 106 Å². The molecule has 3 saturated heterocycles. The van der Waals surface area contributed by atoms with Gasteiger partial charge < -0.3 is 30.0 Å². The third kappa shape index (κ3) is 8.67. The Kier molecular flexibility index (Phi) is 12.1. The van der Waals surface area contributed by atoms with Gasteiger partial charge in [0.25, 0.3) is 5.91 Å². The minimum atomic E-state index is -1.22. The number of aromatic amines is 2. The first-order valence-corrected chi connectivity index (χ1v) is 22.5. The number of hydrogen-bond donors (Lipinski definition) is 4. The Balaban J connectivity index is 0.866. The molecule has 0 bridgehead atoms. The standard InChI is InChI=1S/C50H53ClN8O5/c1-50(64)24-28-57(29-25-50)43(36-10-4-3-5-11-36)47(60)58-26-8-14-41(58)45-52-30-39(54-45)34-20-16-32(17-21-34)33-18-22-35(23-19-33)40-31-53-46(55-40)42-15-9-27-59(42)48(61)44(56(2)49(62)63)37-12-6-7-13-38(37)51/h3-7,10-13,16-23,30-31,41-44,64H,8-9,14-15,24-29H2,1-2H3,(H,52,54)(H,53,55)(H,62,63)/t41-,42-,43+,44+/m0/s1. The second-order valence-electron chi connectivity index (χ2n) is 17.6. The fourth-order valence-electron chi connectivity index (χ4n) is 9.66. The number of H-pyrrole nitrogens is 2. The fourth-order valence-corrected chi connectivity index (χ4v) is 9.90. The van der Waals surface area contributed by atoms with Crippen LogP contribution in [0.25, 0.3) is 33.6 Å². The smallest absolute Gasteiger partial charge is 0.407 e. The van der Waals surface area contributed by atoms with Gasteiger partial charge in [0.2, 0.25) is 5.91 Å². The summed E-state index contributed by atoms with van der Waals surface area (Å²) in [4.78, 5) is 64.1. The number of halogens is 1. The van der Waals surface area contributed by atoms with Crippen LogP contribution < -0.4 is 0 Å². The van der Waals surface area contributed by atoms with Crippen LogP contribution in [0.2, 0.25) is 5.02 Å². The van der Waals surface area contributed by atoms with Crippen LogP contribution in [0.1, 0.15) is 92.4 Å². The number of nitrogens with one attached hydrogen (secondary N) is 2. The summed E-state index contributed by atoms with van der Waals surface area (Å²) in [6, 6.07) is 31.4. The normalized spacial score (nSPS) is 19.7. The van der Waals surface area contributed by atoms with Crippen molar-refractivity contribution < 1.29 is 24.6 Å². The first-order chi connectivity index (χ1) is 31.0. The summed E-state index contributed by atoms with van der Waals surface area (Å²) in [5.74, 6) is 1.17. The summed E-state index contributed by atoms with van der Waals surface area (Å²) >= 11 is 6.48. The van der Waals surface area contributed by atoms with E-state index in [1.807, 2.05) is 60.5 Å². The number of piperidine rings is 1.